The number of hydrogen-bond donors (Lipinski definition) is 3. The number of carbonyl (C=O) groups is 2. The first-order chi connectivity index (χ1) is 15.4. The molecule has 0 atom stereocenters. The van der Waals surface area contributed by atoms with Gasteiger partial charge < -0.3 is 15.4 Å². The van der Waals surface area contributed by atoms with Crippen molar-refractivity contribution in [3.63, 3.8) is 0 Å². The maximum atomic E-state index is 12.7. The number of para-hydroxylation sites is 2. The summed E-state index contributed by atoms with van der Waals surface area (Å²) < 4.78 is 5.68. The maximum absolute atomic E-state index is 12.7. The Kier molecular flexibility index (Phi) is 7.94. The van der Waals surface area contributed by atoms with E-state index >= 15 is 0 Å². The fourth-order valence-electron chi connectivity index (χ4n) is 2.83. The van der Waals surface area contributed by atoms with Crippen molar-refractivity contribution in [3.8, 4) is 5.75 Å². The van der Waals surface area contributed by atoms with E-state index in [1.165, 1.54) is 0 Å². The topological polar surface area (TPSA) is 79.5 Å². The van der Waals surface area contributed by atoms with Crippen LogP contribution in [-0.2, 0) is 0 Å². The van der Waals surface area contributed by atoms with Crippen LogP contribution in [0, 0.1) is 5.92 Å². The number of thiocarbonyl (C=S) groups is 1. The van der Waals surface area contributed by atoms with Gasteiger partial charge >= 0.3 is 0 Å². The number of anilines is 2. The van der Waals surface area contributed by atoms with E-state index in [1.807, 2.05) is 18.2 Å². The molecule has 0 aliphatic heterocycles. The Labute approximate surface area is 193 Å². The molecule has 3 aromatic rings. The zero-order chi connectivity index (χ0) is 22.9. The molecule has 0 saturated carbocycles. The predicted octanol–water partition coefficient (Wildman–Crippen LogP) is 5.10. The highest BCUT2D eigenvalue weighted by Crippen LogP contribution is 2.18. The van der Waals surface area contributed by atoms with E-state index in [2.05, 4.69) is 29.8 Å². The molecule has 164 valence electrons. The van der Waals surface area contributed by atoms with Crippen LogP contribution >= 0.6 is 12.2 Å². The van der Waals surface area contributed by atoms with Crippen molar-refractivity contribution >= 4 is 40.5 Å². The Morgan fingerprint density at radius 3 is 2.34 bits per heavy atom. The number of nitrogens with one attached hydrogen (secondary N) is 3. The molecule has 0 spiro atoms. The fraction of sp³-hybridized carbons (Fsp3) is 0.160. The lowest BCUT2D eigenvalue weighted by Crippen LogP contribution is -2.34. The minimum atomic E-state index is -0.372. The summed E-state index contributed by atoms with van der Waals surface area (Å²) in [5.41, 5.74) is 1.99. The van der Waals surface area contributed by atoms with Gasteiger partial charge in [-0.3, -0.25) is 14.9 Å². The van der Waals surface area contributed by atoms with Crippen LogP contribution in [0.3, 0.4) is 0 Å². The third-order valence-electron chi connectivity index (χ3n) is 4.36. The third-order valence-corrected chi connectivity index (χ3v) is 4.56. The van der Waals surface area contributed by atoms with E-state index < -0.39 is 0 Å². The molecule has 3 rings (SSSR count). The number of benzene rings is 3. The third kappa shape index (κ3) is 6.65. The van der Waals surface area contributed by atoms with Gasteiger partial charge in [0, 0.05) is 11.3 Å². The lowest BCUT2D eigenvalue weighted by molar-refractivity contribution is 0.0976. The van der Waals surface area contributed by atoms with Crippen LogP contribution in [0.4, 0.5) is 11.4 Å². The number of amides is 2. The van der Waals surface area contributed by atoms with Gasteiger partial charge in [0.15, 0.2) is 5.11 Å². The minimum Gasteiger partial charge on any atom is -0.493 e. The number of carbonyl (C=O) groups excluding carboxylic acids is 2. The molecule has 0 heterocycles. The Morgan fingerprint density at radius 2 is 1.59 bits per heavy atom. The van der Waals surface area contributed by atoms with Gasteiger partial charge in [0.05, 0.1) is 17.9 Å². The first kappa shape index (κ1) is 23.0. The molecule has 0 radical (unpaired) electrons. The molecule has 0 unspecified atom stereocenters. The van der Waals surface area contributed by atoms with Crippen LogP contribution in [-0.4, -0.2) is 23.5 Å². The van der Waals surface area contributed by atoms with Gasteiger partial charge in [0.1, 0.15) is 5.75 Å². The predicted molar refractivity (Wildman–Crippen MR) is 131 cm³/mol. The standard InChI is InChI=1S/C25H25N3O3S/c1-17(2)16-31-20-12-8-9-18(15-20)23(29)28-25(32)27-22-14-7-6-13-21(22)24(30)26-19-10-4-3-5-11-19/h3-15,17H,16H2,1-2H3,(H,26,30)(H2,27,28,29,32). The second kappa shape index (κ2) is 11.1. The summed E-state index contributed by atoms with van der Waals surface area (Å²) in [5.74, 6) is 0.337. The second-order valence-electron chi connectivity index (χ2n) is 7.51. The zero-order valence-corrected chi connectivity index (χ0v) is 18.7. The highest BCUT2D eigenvalue weighted by Gasteiger charge is 2.14. The summed E-state index contributed by atoms with van der Waals surface area (Å²) in [7, 11) is 0. The van der Waals surface area contributed by atoms with Gasteiger partial charge in [0.25, 0.3) is 11.8 Å². The van der Waals surface area contributed by atoms with Crippen LogP contribution in [0.1, 0.15) is 34.6 Å². The zero-order valence-electron chi connectivity index (χ0n) is 17.9. The quantitative estimate of drug-likeness (QED) is 0.439. The fourth-order valence-corrected chi connectivity index (χ4v) is 3.03. The van der Waals surface area contributed by atoms with Crippen LogP contribution in [0.15, 0.2) is 78.9 Å². The summed E-state index contributed by atoms with van der Waals surface area (Å²) in [4.78, 5) is 25.3. The van der Waals surface area contributed by atoms with E-state index in [0.29, 0.717) is 40.8 Å². The summed E-state index contributed by atoms with van der Waals surface area (Å²) in [6, 6.07) is 23.0. The van der Waals surface area contributed by atoms with Crippen LogP contribution in [0.25, 0.3) is 0 Å². The van der Waals surface area contributed by atoms with Gasteiger partial charge in [-0.05, 0) is 60.6 Å². The summed E-state index contributed by atoms with van der Waals surface area (Å²) in [5, 5.41) is 8.51. The van der Waals surface area contributed by atoms with Crippen molar-refractivity contribution in [1.29, 1.82) is 0 Å². The van der Waals surface area contributed by atoms with E-state index in [1.54, 1.807) is 60.7 Å². The number of hydrogen-bond acceptors (Lipinski definition) is 4. The van der Waals surface area contributed by atoms with Crippen molar-refractivity contribution in [3.05, 3.63) is 90.0 Å². The molecule has 0 bridgehead atoms. The average molecular weight is 448 g/mol. The molecule has 7 heteroatoms. The molecular weight excluding hydrogens is 422 g/mol. The van der Waals surface area contributed by atoms with Crippen LogP contribution < -0.4 is 20.7 Å². The highest BCUT2D eigenvalue weighted by molar-refractivity contribution is 7.80. The van der Waals surface area contributed by atoms with Crippen LogP contribution in [0.2, 0.25) is 0 Å². The second-order valence-corrected chi connectivity index (χ2v) is 7.91. The summed E-state index contributed by atoms with van der Waals surface area (Å²) >= 11 is 5.30. The SMILES string of the molecule is CC(C)COc1cccc(C(=O)NC(=S)Nc2ccccc2C(=O)Nc2ccccc2)c1. The normalized spacial score (nSPS) is 10.3. The van der Waals surface area contributed by atoms with E-state index in [-0.39, 0.29) is 16.9 Å². The van der Waals surface area contributed by atoms with Crippen molar-refractivity contribution in [1.82, 2.24) is 5.32 Å². The van der Waals surface area contributed by atoms with Crippen molar-refractivity contribution in [2.75, 3.05) is 17.2 Å². The monoisotopic (exact) mass is 447 g/mol. The van der Waals surface area contributed by atoms with Gasteiger partial charge in [-0.15, -0.1) is 0 Å². The molecule has 3 aromatic carbocycles. The van der Waals surface area contributed by atoms with Gasteiger partial charge in [-0.2, -0.15) is 0 Å². The van der Waals surface area contributed by atoms with Crippen molar-refractivity contribution in [2.24, 2.45) is 5.92 Å². The molecule has 0 aliphatic carbocycles. The number of rotatable bonds is 7. The first-order valence-electron chi connectivity index (χ1n) is 10.2. The van der Waals surface area contributed by atoms with Crippen molar-refractivity contribution in [2.45, 2.75) is 13.8 Å². The lowest BCUT2D eigenvalue weighted by Gasteiger charge is -2.14. The summed E-state index contributed by atoms with van der Waals surface area (Å²) in [6.45, 7) is 4.67. The van der Waals surface area contributed by atoms with Gasteiger partial charge in [-0.25, -0.2) is 0 Å². The van der Waals surface area contributed by atoms with Crippen LogP contribution in [0.5, 0.6) is 5.75 Å². The van der Waals surface area contributed by atoms with E-state index in [0.717, 1.165) is 0 Å². The molecule has 6 nitrogen and oxygen atoms in total. The molecule has 0 aliphatic rings. The molecule has 2 amide bonds. The molecular formula is C25H25N3O3S. The maximum Gasteiger partial charge on any atom is 0.257 e. The van der Waals surface area contributed by atoms with E-state index in [4.69, 9.17) is 17.0 Å². The smallest absolute Gasteiger partial charge is 0.257 e. The molecule has 3 N–H and O–H groups in total. The molecule has 32 heavy (non-hydrogen) atoms. The summed E-state index contributed by atoms with van der Waals surface area (Å²) in [6.07, 6.45) is 0. The highest BCUT2D eigenvalue weighted by atomic mass is 32.1. The van der Waals surface area contributed by atoms with E-state index in [9.17, 15) is 9.59 Å². The number of ether oxygens (including phenoxy) is 1. The molecule has 0 saturated heterocycles. The largest absolute Gasteiger partial charge is 0.493 e. The van der Waals surface area contributed by atoms with Crippen molar-refractivity contribution < 1.29 is 14.3 Å². The minimum absolute atomic E-state index is 0.0865. The Hall–Kier alpha value is -3.71. The Bertz CT molecular complexity index is 1100. The molecule has 0 fully saturated rings. The Morgan fingerprint density at radius 1 is 0.875 bits per heavy atom. The molecule has 0 aromatic heterocycles. The average Bonchev–Trinajstić information content (AvgIpc) is 2.78. The van der Waals surface area contributed by atoms with Gasteiger partial charge in [0.2, 0.25) is 0 Å². The van der Waals surface area contributed by atoms with Gasteiger partial charge in [-0.1, -0.05) is 50.2 Å². The Balaban J connectivity index is 1.65. The lowest BCUT2D eigenvalue weighted by atomic mass is 10.1. The first-order valence-corrected chi connectivity index (χ1v) is 10.6.